The van der Waals surface area contributed by atoms with Crippen molar-refractivity contribution >= 4 is 39.1 Å². The van der Waals surface area contributed by atoms with E-state index in [0.717, 1.165) is 10.0 Å². The molecule has 1 N–H and O–H groups in total. The first kappa shape index (κ1) is 20.9. The number of rotatable bonds is 5. The van der Waals surface area contributed by atoms with Gasteiger partial charge in [0.05, 0.1) is 18.4 Å². The molecule has 158 valence electrons. The normalized spacial score (nSPS) is 17.9. The van der Waals surface area contributed by atoms with Crippen molar-refractivity contribution in [1.29, 1.82) is 0 Å². The van der Waals surface area contributed by atoms with Gasteiger partial charge in [-0.15, -0.1) is 0 Å². The molecule has 3 aromatic rings. The van der Waals surface area contributed by atoms with Crippen molar-refractivity contribution in [1.82, 2.24) is 0 Å². The molecule has 1 aromatic heterocycles. The number of amides is 1. The summed E-state index contributed by atoms with van der Waals surface area (Å²) in [5.41, 5.74) is 1.81. The lowest BCUT2D eigenvalue weighted by Crippen LogP contribution is -2.29. The number of aryl methyl sites for hydroxylation is 1. The van der Waals surface area contributed by atoms with Gasteiger partial charge in [0.2, 0.25) is 0 Å². The van der Waals surface area contributed by atoms with Crippen LogP contribution in [0, 0.1) is 6.92 Å². The second kappa shape index (κ2) is 8.43. The predicted molar refractivity (Wildman–Crippen MR) is 120 cm³/mol. The highest BCUT2D eigenvalue weighted by Gasteiger charge is 2.48. The highest BCUT2D eigenvalue weighted by molar-refractivity contribution is 9.10. The van der Waals surface area contributed by atoms with Crippen LogP contribution in [0.15, 0.2) is 75.3 Å². The second-order valence-corrected chi connectivity index (χ2v) is 7.93. The van der Waals surface area contributed by atoms with Crippen molar-refractivity contribution in [2.24, 2.45) is 0 Å². The number of aliphatic hydroxyl groups is 1. The van der Waals surface area contributed by atoms with E-state index in [9.17, 15) is 14.7 Å². The molecular weight excluding hydrogens is 462 g/mol. The zero-order valence-electron chi connectivity index (χ0n) is 17.0. The smallest absolute Gasteiger partial charge is 0.300 e. The van der Waals surface area contributed by atoms with Crippen molar-refractivity contribution in [3.8, 4) is 5.75 Å². The third kappa shape index (κ3) is 3.77. The van der Waals surface area contributed by atoms with E-state index in [1.54, 1.807) is 54.6 Å². The van der Waals surface area contributed by atoms with E-state index in [2.05, 4.69) is 15.9 Å². The lowest BCUT2D eigenvalue weighted by molar-refractivity contribution is -0.132. The summed E-state index contributed by atoms with van der Waals surface area (Å²) in [6.45, 7) is 4.28. The monoisotopic (exact) mass is 481 g/mol. The van der Waals surface area contributed by atoms with Crippen LogP contribution in [0.5, 0.6) is 5.75 Å². The molecule has 0 radical (unpaired) electrons. The largest absolute Gasteiger partial charge is 0.507 e. The van der Waals surface area contributed by atoms with E-state index in [1.165, 1.54) is 11.2 Å². The number of hydrogen-bond acceptors (Lipinski definition) is 5. The molecule has 1 atom stereocenters. The SMILES string of the molecule is CCOc1ccc(N2C(=O)C(=O)/C(=C(\O)c3ccc(Br)c(C)c3)C2c2ccco2)cc1. The van der Waals surface area contributed by atoms with Gasteiger partial charge in [-0.05, 0) is 67.9 Å². The summed E-state index contributed by atoms with van der Waals surface area (Å²) in [6, 6.07) is 14.6. The minimum Gasteiger partial charge on any atom is -0.507 e. The number of carbonyl (C=O) groups is 2. The molecule has 6 nitrogen and oxygen atoms in total. The molecule has 4 rings (SSSR count). The van der Waals surface area contributed by atoms with Crippen molar-refractivity contribution in [2.75, 3.05) is 11.5 Å². The Labute approximate surface area is 187 Å². The molecule has 0 aliphatic carbocycles. The number of Topliss-reactive ketones (excluding diaryl/α,β-unsaturated/α-hetero) is 1. The number of ether oxygens (including phenoxy) is 1. The van der Waals surface area contributed by atoms with Gasteiger partial charge < -0.3 is 14.3 Å². The summed E-state index contributed by atoms with van der Waals surface area (Å²) >= 11 is 3.43. The van der Waals surface area contributed by atoms with Crippen LogP contribution in [0.3, 0.4) is 0 Å². The van der Waals surface area contributed by atoms with Crippen LogP contribution in [0.4, 0.5) is 5.69 Å². The Morgan fingerprint density at radius 2 is 1.90 bits per heavy atom. The van der Waals surface area contributed by atoms with E-state index in [1.807, 2.05) is 13.8 Å². The fraction of sp³-hybridized carbons (Fsp3) is 0.167. The number of nitrogens with zero attached hydrogens (tertiary/aromatic N) is 1. The summed E-state index contributed by atoms with van der Waals surface area (Å²) in [5.74, 6) is -0.718. The highest BCUT2D eigenvalue weighted by atomic mass is 79.9. The molecule has 1 aliphatic rings. The van der Waals surface area contributed by atoms with Crippen molar-refractivity contribution in [3.63, 3.8) is 0 Å². The van der Waals surface area contributed by atoms with Crippen LogP contribution in [-0.4, -0.2) is 23.4 Å². The average Bonchev–Trinajstić information content (AvgIpc) is 3.38. The first-order valence-corrected chi connectivity index (χ1v) is 10.6. The Morgan fingerprint density at radius 3 is 2.52 bits per heavy atom. The Morgan fingerprint density at radius 1 is 1.16 bits per heavy atom. The van der Waals surface area contributed by atoms with Crippen molar-refractivity contribution in [3.05, 3.63) is 87.8 Å². The van der Waals surface area contributed by atoms with Crippen LogP contribution in [0.25, 0.3) is 5.76 Å². The van der Waals surface area contributed by atoms with Gasteiger partial charge >= 0.3 is 0 Å². The van der Waals surface area contributed by atoms with Gasteiger partial charge in [0.15, 0.2) is 0 Å². The zero-order valence-corrected chi connectivity index (χ0v) is 18.5. The molecule has 1 unspecified atom stereocenters. The minimum atomic E-state index is -0.892. The predicted octanol–water partition coefficient (Wildman–Crippen LogP) is 5.38. The van der Waals surface area contributed by atoms with E-state index in [0.29, 0.717) is 29.4 Å². The standard InChI is InChI=1S/C24H20BrNO5/c1-3-30-17-9-7-16(8-10-17)26-21(19-5-4-12-31-19)20(23(28)24(26)29)22(27)15-6-11-18(25)14(2)13-15/h4-13,21,27H,3H2,1-2H3/b22-20-. The maximum atomic E-state index is 13.0. The second-order valence-electron chi connectivity index (χ2n) is 7.08. The summed E-state index contributed by atoms with van der Waals surface area (Å²) in [7, 11) is 0. The lowest BCUT2D eigenvalue weighted by Gasteiger charge is -2.23. The van der Waals surface area contributed by atoms with E-state index in [-0.39, 0.29) is 11.3 Å². The summed E-state index contributed by atoms with van der Waals surface area (Å²) in [4.78, 5) is 27.4. The number of carbonyl (C=O) groups excluding carboxylic acids is 2. The first-order valence-electron chi connectivity index (χ1n) is 9.76. The number of aliphatic hydroxyl groups excluding tert-OH is 1. The van der Waals surface area contributed by atoms with E-state index < -0.39 is 17.7 Å². The molecule has 0 bridgehead atoms. The van der Waals surface area contributed by atoms with Crippen LogP contribution < -0.4 is 9.64 Å². The average molecular weight is 482 g/mol. The first-order chi connectivity index (χ1) is 14.9. The molecule has 0 saturated carbocycles. The maximum Gasteiger partial charge on any atom is 0.300 e. The van der Waals surface area contributed by atoms with Crippen LogP contribution in [0.2, 0.25) is 0 Å². The fourth-order valence-corrected chi connectivity index (χ4v) is 3.88. The lowest BCUT2D eigenvalue weighted by atomic mass is 9.98. The van der Waals surface area contributed by atoms with E-state index in [4.69, 9.17) is 9.15 Å². The van der Waals surface area contributed by atoms with Crippen molar-refractivity contribution in [2.45, 2.75) is 19.9 Å². The fourth-order valence-electron chi connectivity index (χ4n) is 3.63. The Balaban J connectivity index is 1.86. The van der Waals surface area contributed by atoms with Gasteiger partial charge in [-0.2, -0.15) is 0 Å². The minimum absolute atomic E-state index is 0.0180. The highest BCUT2D eigenvalue weighted by Crippen LogP contribution is 2.42. The third-order valence-corrected chi connectivity index (χ3v) is 6.00. The number of benzene rings is 2. The molecule has 7 heteroatoms. The Bertz CT molecular complexity index is 1170. The molecule has 2 heterocycles. The van der Waals surface area contributed by atoms with E-state index >= 15 is 0 Å². The summed E-state index contributed by atoms with van der Waals surface area (Å²) < 4.78 is 11.9. The molecule has 31 heavy (non-hydrogen) atoms. The quantitative estimate of drug-likeness (QED) is 0.300. The maximum absolute atomic E-state index is 13.0. The molecule has 1 aliphatic heterocycles. The number of hydrogen-bond donors (Lipinski definition) is 1. The van der Waals surface area contributed by atoms with Crippen LogP contribution >= 0.6 is 15.9 Å². The number of ketones is 1. The van der Waals surface area contributed by atoms with Crippen LogP contribution in [0.1, 0.15) is 29.9 Å². The number of halogens is 1. The Hall–Kier alpha value is -3.32. The van der Waals surface area contributed by atoms with Gasteiger partial charge in [-0.25, -0.2) is 0 Å². The van der Waals surface area contributed by atoms with Gasteiger partial charge in [-0.1, -0.05) is 22.0 Å². The Kier molecular flexibility index (Phi) is 5.69. The van der Waals surface area contributed by atoms with Gasteiger partial charge in [0, 0.05) is 15.7 Å². The number of furan rings is 1. The van der Waals surface area contributed by atoms with Gasteiger partial charge in [-0.3, -0.25) is 14.5 Å². The molecule has 2 aromatic carbocycles. The third-order valence-electron chi connectivity index (χ3n) is 5.11. The molecule has 1 fully saturated rings. The molecule has 0 spiro atoms. The summed E-state index contributed by atoms with van der Waals surface area (Å²) in [6.07, 6.45) is 1.47. The summed E-state index contributed by atoms with van der Waals surface area (Å²) in [5, 5.41) is 11.1. The number of anilines is 1. The molecule has 1 amide bonds. The van der Waals surface area contributed by atoms with Crippen LogP contribution in [-0.2, 0) is 9.59 Å². The van der Waals surface area contributed by atoms with Gasteiger partial charge in [0.1, 0.15) is 23.3 Å². The zero-order chi connectivity index (χ0) is 22.1. The van der Waals surface area contributed by atoms with Crippen molar-refractivity contribution < 1.29 is 23.8 Å². The molecular formula is C24H20BrNO5. The molecule has 1 saturated heterocycles. The topological polar surface area (TPSA) is 80.0 Å². The van der Waals surface area contributed by atoms with Gasteiger partial charge in [0.25, 0.3) is 11.7 Å².